The van der Waals surface area contributed by atoms with Gasteiger partial charge in [0.05, 0.1) is 83.9 Å². The molecule has 4 N–H and O–H groups in total. The van der Waals surface area contributed by atoms with Crippen molar-refractivity contribution >= 4 is 46.2 Å². The molecule has 4 aliphatic rings. The van der Waals surface area contributed by atoms with Crippen molar-refractivity contribution in [3.63, 3.8) is 0 Å². The van der Waals surface area contributed by atoms with Crippen LogP contribution in [0.2, 0.25) is 0 Å². The van der Waals surface area contributed by atoms with Crippen LogP contribution in [0.4, 0.5) is 14.0 Å². The number of likely N-dealkylation sites (tertiary alicyclic amines) is 2. The number of methoxy groups -OCH3 is 2. The molecule has 4 amide bonds. The minimum absolute atomic E-state index is 0.0509. The van der Waals surface area contributed by atoms with E-state index in [1.807, 2.05) is 56.9 Å². The van der Waals surface area contributed by atoms with Crippen LogP contribution >= 0.6 is 11.3 Å². The van der Waals surface area contributed by atoms with Crippen molar-refractivity contribution in [3.05, 3.63) is 87.6 Å². The van der Waals surface area contributed by atoms with Gasteiger partial charge in [0, 0.05) is 34.5 Å². The summed E-state index contributed by atoms with van der Waals surface area (Å²) in [5.74, 6) is 0.475. The van der Waals surface area contributed by atoms with Crippen molar-refractivity contribution < 1.29 is 42.5 Å². The molecule has 10 rings (SSSR count). The molecule has 0 spiro atoms. The largest absolute Gasteiger partial charge is 0.464 e. The third kappa shape index (κ3) is 9.09. The fraction of sp³-hybridized carbons (Fsp3) is 0.472. The van der Waals surface area contributed by atoms with E-state index in [0.717, 1.165) is 50.3 Å². The van der Waals surface area contributed by atoms with Crippen LogP contribution in [0.1, 0.15) is 111 Å². The summed E-state index contributed by atoms with van der Waals surface area (Å²) in [4.78, 5) is 75.1. The van der Waals surface area contributed by atoms with E-state index in [1.54, 1.807) is 28.6 Å². The number of hydrogen-bond donors (Lipinski definition) is 4. The van der Waals surface area contributed by atoms with E-state index in [9.17, 15) is 19.2 Å². The first-order chi connectivity index (χ1) is 34.6. The molecule has 8 heterocycles. The number of benzene rings is 2. The van der Waals surface area contributed by atoms with Gasteiger partial charge in [-0.1, -0.05) is 19.9 Å². The number of nitrogens with one attached hydrogen (secondary N) is 4. The number of thiophene rings is 1. The van der Waals surface area contributed by atoms with Gasteiger partial charge in [0.15, 0.2) is 0 Å². The zero-order chi connectivity index (χ0) is 50.7. The zero-order valence-corrected chi connectivity index (χ0v) is 42.7. The van der Waals surface area contributed by atoms with Crippen LogP contribution in [0.15, 0.2) is 54.9 Å². The number of H-pyrrole nitrogens is 2. The molecule has 3 saturated heterocycles. The van der Waals surface area contributed by atoms with Crippen molar-refractivity contribution in [2.45, 2.75) is 123 Å². The predicted molar refractivity (Wildman–Crippen MR) is 269 cm³/mol. The quantitative estimate of drug-likeness (QED) is 0.0970. The number of carbonyl (C=O) groups is 4. The van der Waals surface area contributed by atoms with Crippen LogP contribution in [-0.4, -0.2) is 110 Å². The molecule has 8 atom stereocenters. The highest BCUT2D eigenvalue weighted by Gasteiger charge is 2.43. The molecule has 0 radical (unpaired) electrons. The second-order valence-electron chi connectivity index (χ2n) is 20.1. The molecular formula is C53H62FN9O8S. The maximum absolute atomic E-state index is 17.0. The minimum atomic E-state index is -0.773. The van der Waals surface area contributed by atoms with Crippen molar-refractivity contribution in [1.29, 1.82) is 0 Å². The highest BCUT2D eigenvalue weighted by Crippen LogP contribution is 2.49. The van der Waals surface area contributed by atoms with E-state index in [-0.39, 0.29) is 47.9 Å². The SMILES string of the molecule is COC(=O)N[C@H](C(=O)N1CCC[C@H]1c1ncc(-c2cc(F)c3c(c2)OC(c2cc(C)c(C)s2)n2c-3cc3cc(-c4cnc([C@@H]5CCCN5C(=O)[C@@H](NC(=O)OC)C5C[C@@H](C)O[C@@H](C)C5)[nH]4)ccc32)[nH]1)C(C)C. The van der Waals surface area contributed by atoms with Crippen LogP contribution in [0.3, 0.4) is 0 Å². The van der Waals surface area contributed by atoms with Gasteiger partial charge in [0.2, 0.25) is 18.0 Å². The van der Waals surface area contributed by atoms with Crippen molar-refractivity contribution in [3.8, 4) is 39.5 Å². The summed E-state index contributed by atoms with van der Waals surface area (Å²) in [6.07, 6.45) is 5.63. The van der Waals surface area contributed by atoms with E-state index >= 15 is 4.39 Å². The summed E-state index contributed by atoms with van der Waals surface area (Å²) >= 11 is 1.64. The number of ether oxygens (including phenoxy) is 4. The Hall–Kier alpha value is -6.73. The lowest BCUT2D eigenvalue weighted by atomic mass is 9.85. The standard InChI is InChI=1S/C53H62FN9O8S/c1-26(2)45(59-52(66)68-7)49(64)61-15-9-11-39(61)48-56-25-37(58-48)32-21-35(54)44-41-22-33-20-31(13-14-38(33)63(41)51(71-42(44)23-32)43-17-27(3)30(6)72-43)36-24-55-47(57-36)40-12-10-16-62(40)50(65)46(60-53(67)69-8)34-18-28(4)70-29(5)19-34/h13-14,17,20-26,28-29,34,39-40,45-46,51H,9-12,15-16,18-19H2,1-8H3,(H,55,57)(H,56,58)(H,59,66)(H,60,67)/t28-,29+,34?,39-,40-,45-,46-,51?/m0/s1. The molecule has 380 valence electrons. The van der Waals surface area contributed by atoms with E-state index in [2.05, 4.69) is 51.1 Å². The van der Waals surface area contributed by atoms with Crippen LogP contribution in [0.5, 0.6) is 5.75 Å². The number of halogens is 1. The summed E-state index contributed by atoms with van der Waals surface area (Å²) < 4.78 is 41.6. The van der Waals surface area contributed by atoms with Crippen LogP contribution in [0, 0.1) is 31.5 Å². The monoisotopic (exact) mass is 1000 g/mol. The van der Waals surface area contributed by atoms with Gasteiger partial charge in [-0.3, -0.25) is 14.2 Å². The second-order valence-corrected chi connectivity index (χ2v) is 21.4. The van der Waals surface area contributed by atoms with Crippen LogP contribution < -0.4 is 15.4 Å². The number of aromatic nitrogens is 5. The number of amides is 4. The molecule has 17 nitrogen and oxygen atoms in total. The molecule has 72 heavy (non-hydrogen) atoms. The summed E-state index contributed by atoms with van der Waals surface area (Å²) in [5.41, 5.74) is 5.74. The maximum Gasteiger partial charge on any atom is 0.407 e. The van der Waals surface area contributed by atoms with E-state index in [1.165, 1.54) is 20.3 Å². The lowest BCUT2D eigenvalue weighted by Gasteiger charge is -2.38. The molecule has 4 aromatic heterocycles. The number of alkyl carbamates (subject to hydrolysis) is 2. The fourth-order valence-corrected chi connectivity index (χ4v) is 12.4. The molecule has 0 bridgehead atoms. The third-order valence-electron chi connectivity index (χ3n) is 14.9. The fourth-order valence-electron chi connectivity index (χ4n) is 11.3. The first-order valence-electron chi connectivity index (χ1n) is 24.9. The van der Waals surface area contributed by atoms with Crippen LogP contribution in [0.25, 0.3) is 44.7 Å². The first-order valence-corrected chi connectivity index (χ1v) is 25.7. The average Bonchev–Trinajstić information content (AvgIpc) is 4.23. The highest BCUT2D eigenvalue weighted by atomic mass is 32.1. The maximum atomic E-state index is 17.0. The van der Waals surface area contributed by atoms with Gasteiger partial charge >= 0.3 is 12.2 Å². The number of nitrogens with zero attached hydrogens (tertiary/aromatic N) is 5. The molecule has 2 unspecified atom stereocenters. The van der Waals surface area contributed by atoms with Gasteiger partial charge in [-0.2, -0.15) is 0 Å². The number of hydrogen-bond acceptors (Lipinski definition) is 11. The van der Waals surface area contributed by atoms with E-state index < -0.39 is 36.3 Å². The van der Waals surface area contributed by atoms with Gasteiger partial charge in [-0.25, -0.2) is 23.9 Å². The van der Waals surface area contributed by atoms with Crippen LogP contribution in [-0.2, 0) is 23.8 Å². The Bertz CT molecular complexity index is 3020. The molecule has 0 aliphatic carbocycles. The Morgan fingerprint density at radius 3 is 2.06 bits per heavy atom. The lowest BCUT2D eigenvalue weighted by molar-refractivity contribution is -0.138. The summed E-state index contributed by atoms with van der Waals surface area (Å²) in [6, 6.07) is 11.3. The Balaban J connectivity index is 0.948. The lowest BCUT2D eigenvalue weighted by Crippen LogP contribution is -2.54. The Morgan fingerprint density at radius 1 is 0.819 bits per heavy atom. The number of fused-ring (bicyclic) bond motifs is 5. The first kappa shape index (κ1) is 48.9. The third-order valence-corrected chi connectivity index (χ3v) is 16.1. The van der Waals surface area contributed by atoms with E-state index in [0.29, 0.717) is 78.7 Å². The number of carbonyl (C=O) groups excluding carboxylic acids is 4. The summed E-state index contributed by atoms with van der Waals surface area (Å²) in [6.45, 7) is 12.9. The van der Waals surface area contributed by atoms with Crippen molar-refractivity contribution in [2.24, 2.45) is 11.8 Å². The van der Waals surface area contributed by atoms with Crippen molar-refractivity contribution in [1.82, 2.24) is 44.9 Å². The molecule has 2 aromatic carbocycles. The highest BCUT2D eigenvalue weighted by molar-refractivity contribution is 7.12. The molecule has 6 aromatic rings. The van der Waals surface area contributed by atoms with Gasteiger partial charge in [-0.05, 0) is 120 Å². The molecule has 19 heteroatoms. The second kappa shape index (κ2) is 19.7. The minimum Gasteiger partial charge on any atom is -0.464 e. The smallest absolute Gasteiger partial charge is 0.407 e. The van der Waals surface area contributed by atoms with Gasteiger partial charge in [0.1, 0.15) is 35.3 Å². The van der Waals surface area contributed by atoms with Gasteiger partial charge in [0.25, 0.3) is 0 Å². The average molecular weight is 1000 g/mol. The zero-order valence-electron chi connectivity index (χ0n) is 41.8. The molecule has 0 saturated carbocycles. The van der Waals surface area contributed by atoms with Gasteiger partial charge < -0.3 is 49.3 Å². The van der Waals surface area contributed by atoms with Crippen molar-refractivity contribution in [2.75, 3.05) is 27.3 Å². The molecule has 3 fully saturated rings. The number of imidazole rings is 2. The Kier molecular flexibility index (Phi) is 13.4. The van der Waals surface area contributed by atoms with Gasteiger partial charge in [-0.15, -0.1) is 11.3 Å². The predicted octanol–water partition coefficient (Wildman–Crippen LogP) is 9.48. The Labute approximate surface area is 421 Å². The summed E-state index contributed by atoms with van der Waals surface area (Å²) in [5, 5.41) is 6.42. The number of rotatable bonds is 11. The normalized spacial score (nSPS) is 22.6. The Morgan fingerprint density at radius 2 is 1.44 bits per heavy atom. The number of aromatic amines is 2. The summed E-state index contributed by atoms with van der Waals surface area (Å²) in [7, 11) is 2.57. The van der Waals surface area contributed by atoms with E-state index in [4.69, 9.17) is 28.9 Å². The molecule has 4 aliphatic heterocycles. The topological polar surface area (TPSA) is 198 Å². The molecular weight excluding hydrogens is 942 g/mol. The number of aryl methyl sites for hydroxylation is 2.